The second-order valence-corrected chi connectivity index (χ2v) is 8.94. The first-order chi connectivity index (χ1) is 14.7. The molecule has 1 amide bonds. The maximum absolute atomic E-state index is 11.7. The zero-order chi connectivity index (χ0) is 22.1. The second-order valence-electron chi connectivity index (χ2n) is 8.94. The first-order valence-electron chi connectivity index (χ1n) is 12.9. The van der Waals surface area contributed by atoms with Gasteiger partial charge in [0.1, 0.15) is 0 Å². The van der Waals surface area contributed by atoms with Crippen LogP contribution in [0.3, 0.4) is 0 Å². The van der Waals surface area contributed by atoms with Crippen molar-refractivity contribution < 1.29 is 4.79 Å². The van der Waals surface area contributed by atoms with Gasteiger partial charge in [0.05, 0.1) is 0 Å². The molecule has 0 saturated carbocycles. The van der Waals surface area contributed by atoms with Crippen LogP contribution in [-0.4, -0.2) is 51.1 Å². The van der Waals surface area contributed by atoms with Crippen molar-refractivity contribution in [2.75, 3.05) is 40.3 Å². The Kier molecular flexibility index (Phi) is 23.7. The highest BCUT2D eigenvalue weighted by Gasteiger charge is 2.00. The van der Waals surface area contributed by atoms with Crippen molar-refractivity contribution in [3.63, 3.8) is 0 Å². The molecule has 0 aliphatic rings. The molecular weight excluding hydrogens is 370 g/mol. The van der Waals surface area contributed by atoms with Crippen LogP contribution in [0.4, 0.5) is 0 Å². The lowest BCUT2D eigenvalue weighted by molar-refractivity contribution is -0.121. The molecule has 0 aliphatic heterocycles. The van der Waals surface area contributed by atoms with E-state index in [0.29, 0.717) is 6.42 Å². The van der Waals surface area contributed by atoms with Crippen LogP contribution in [0.15, 0.2) is 12.2 Å². The van der Waals surface area contributed by atoms with Gasteiger partial charge in [0.15, 0.2) is 0 Å². The topological polar surface area (TPSA) is 44.4 Å². The third-order valence-corrected chi connectivity index (χ3v) is 5.50. The molecule has 0 aromatic heterocycles. The number of nitrogens with one attached hydrogen (secondary N) is 2. The highest BCUT2D eigenvalue weighted by molar-refractivity contribution is 5.75. The number of carbonyl (C=O) groups is 1. The molecule has 4 heteroatoms. The van der Waals surface area contributed by atoms with E-state index in [4.69, 9.17) is 0 Å². The Labute approximate surface area is 188 Å². The Morgan fingerprint density at radius 2 is 1.27 bits per heavy atom. The molecule has 2 N–H and O–H groups in total. The van der Waals surface area contributed by atoms with Gasteiger partial charge in [-0.05, 0) is 65.7 Å². The van der Waals surface area contributed by atoms with E-state index >= 15 is 0 Å². The third kappa shape index (κ3) is 25.2. The Balaban J connectivity index is 3.17. The minimum absolute atomic E-state index is 0.169. The van der Waals surface area contributed by atoms with Gasteiger partial charge in [-0.15, -0.1) is 0 Å². The van der Waals surface area contributed by atoms with E-state index in [0.717, 1.165) is 32.6 Å². The molecule has 30 heavy (non-hydrogen) atoms. The fourth-order valence-electron chi connectivity index (χ4n) is 3.54. The van der Waals surface area contributed by atoms with Gasteiger partial charge in [0.2, 0.25) is 5.91 Å². The summed E-state index contributed by atoms with van der Waals surface area (Å²) in [4.78, 5) is 13.8. The van der Waals surface area contributed by atoms with Gasteiger partial charge in [-0.1, -0.05) is 76.9 Å². The van der Waals surface area contributed by atoms with Crippen LogP contribution in [-0.2, 0) is 4.79 Å². The van der Waals surface area contributed by atoms with Crippen molar-refractivity contribution in [2.45, 2.75) is 110 Å². The SMILES string of the molecule is CCCCCCCC/C=C\CCCCCCCCNCCC(=O)NCCCN(C)C. The maximum Gasteiger partial charge on any atom is 0.221 e. The summed E-state index contributed by atoms with van der Waals surface area (Å²) in [6.45, 7) is 5.92. The predicted octanol–water partition coefficient (Wildman–Crippen LogP) is 6.07. The lowest BCUT2D eigenvalue weighted by Gasteiger charge is -2.10. The van der Waals surface area contributed by atoms with Gasteiger partial charge in [-0.25, -0.2) is 0 Å². The second kappa shape index (κ2) is 24.4. The van der Waals surface area contributed by atoms with Crippen LogP contribution in [0, 0.1) is 0 Å². The van der Waals surface area contributed by atoms with E-state index in [1.165, 1.54) is 89.9 Å². The zero-order valence-corrected chi connectivity index (χ0v) is 20.7. The molecule has 0 rings (SSSR count). The molecule has 178 valence electrons. The van der Waals surface area contributed by atoms with Crippen molar-refractivity contribution in [1.29, 1.82) is 0 Å². The van der Waals surface area contributed by atoms with Crippen LogP contribution in [0.2, 0.25) is 0 Å². The summed E-state index contributed by atoms with van der Waals surface area (Å²) >= 11 is 0. The molecule has 0 heterocycles. The first kappa shape index (κ1) is 29.1. The summed E-state index contributed by atoms with van der Waals surface area (Å²) in [5.41, 5.74) is 0. The normalized spacial score (nSPS) is 11.6. The summed E-state index contributed by atoms with van der Waals surface area (Å²) in [7, 11) is 4.11. The fraction of sp³-hybridized carbons (Fsp3) is 0.885. The molecule has 0 saturated heterocycles. The quantitative estimate of drug-likeness (QED) is 0.155. The number of rotatable bonds is 23. The lowest BCUT2D eigenvalue weighted by Crippen LogP contribution is -2.30. The van der Waals surface area contributed by atoms with Gasteiger partial charge >= 0.3 is 0 Å². The number of hydrogen-bond donors (Lipinski definition) is 2. The van der Waals surface area contributed by atoms with Gasteiger partial charge < -0.3 is 15.5 Å². The molecule has 0 fully saturated rings. The molecule has 0 unspecified atom stereocenters. The van der Waals surface area contributed by atoms with E-state index in [-0.39, 0.29) is 5.91 Å². The number of carbonyl (C=O) groups excluding carboxylic acids is 1. The number of hydrogen-bond acceptors (Lipinski definition) is 3. The van der Waals surface area contributed by atoms with Crippen LogP contribution < -0.4 is 10.6 Å². The predicted molar refractivity (Wildman–Crippen MR) is 133 cm³/mol. The third-order valence-electron chi connectivity index (χ3n) is 5.50. The molecule has 0 aromatic carbocycles. The Morgan fingerprint density at radius 1 is 0.700 bits per heavy atom. The summed E-state index contributed by atoms with van der Waals surface area (Å²) in [6.07, 6.45) is 25.2. The van der Waals surface area contributed by atoms with Crippen LogP contribution in [0.25, 0.3) is 0 Å². The zero-order valence-electron chi connectivity index (χ0n) is 20.7. The average molecular weight is 424 g/mol. The largest absolute Gasteiger partial charge is 0.356 e. The Morgan fingerprint density at radius 3 is 1.87 bits per heavy atom. The Bertz CT molecular complexity index is 382. The number of amides is 1. The molecule has 0 radical (unpaired) electrons. The lowest BCUT2D eigenvalue weighted by atomic mass is 10.1. The van der Waals surface area contributed by atoms with E-state index in [2.05, 4.69) is 48.7 Å². The molecule has 4 nitrogen and oxygen atoms in total. The summed E-state index contributed by atoms with van der Waals surface area (Å²) in [5, 5.41) is 6.38. The van der Waals surface area contributed by atoms with Crippen molar-refractivity contribution in [3.05, 3.63) is 12.2 Å². The van der Waals surface area contributed by atoms with Gasteiger partial charge in [0.25, 0.3) is 0 Å². The van der Waals surface area contributed by atoms with Gasteiger partial charge in [-0.3, -0.25) is 4.79 Å². The molecule has 0 aromatic rings. The first-order valence-corrected chi connectivity index (χ1v) is 12.9. The summed E-state index contributed by atoms with van der Waals surface area (Å²) in [5.74, 6) is 0.169. The van der Waals surface area contributed by atoms with Crippen LogP contribution in [0.1, 0.15) is 110 Å². The van der Waals surface area contributed by atoms with Crippen molar-refractivity contribution in [2.24, 2.45) is 0 Å². The number of nitrogens with zero attached hydrogens (tertiary/aromatic N) is 1. The van der Waals surface area contributed by atoms with E-state index < -0.39 is 0 Å². The molecule has 0 aliphatic carbocycles. The van der Waals surface area contributed by atoms with E-state index in [9.17, 15) is 4.79 Å². The van der Waals surface area contributed by atoms with Crippen molar-refractivity contribution in [1.82, 2.24) is 15.5 Å². The molecular formula is C26H53N3O. The Hall–Kier alpha value is -0.870. The fourth-order valence-corrected chi connectivity index (χ4v) is 3.54. The van der Waals surface area contributed by atoms with Crippen LogP contribution in [0.5, 0.6) is 0 Å². The van der Waals surface area contributed by atoms with Gasteiger partial charge in [0, 0.05) is 19.5 Å². The summed E-state index contributed by atoms with van der Waals surface area (Å²) < 4.78 is 0. The monoisotopic (exact) mass is 423 g/mol. The minimum atomic E-state index is 0.169. The van der Waals surface area contributed by atoms with Crippen molar-refractivity contribution >= 4 is 5.91 Å². The highest BCUT2D eigenvalue weighted by Crippen LogP contribution is 2.09. The maximum atomic E-state index is 11.7. The molecule has 0 atom stereocenters. The van der Waals surface area contributed by atoms with E-state index in [1.54, 1.807) is 0 Å². The summed E-state index contributed by atoms with van der Waals surface area (Å²) in [6, 6.07) is 0. The highest BCUT2D eigenvalue weighted by atomic mass is 16.1. The number of allylic oxidation sites excluding steroid dienone is 2. The number of unbranched alkanes of at least 4 members (excludes halogenated alkanes) is 12. The van der Waals surface area contributed by atoms with Gasteiger partial charge in [-0.2, -0.15) is 0 Å². The van der Waals surface area contributed by atoms with Crippen molar-refractivity contribution in [3.8, 4) is 0 Å². The minimum Gasteiger partial charge on any atom is -0.356 e. The van der Waals surface area contributed by atoms with Crippen LogP contribution >= 0.6 is 0 Å². The van der Waals surface area contributed by atoms with E-state index in [1.807, 2.05) is 0 Å². The average Bonchev–Trinajstić information content (AvgIpc) is 2.72. The molecule has 0 spiro atoms. The standard InChI is InChI=1S/C26H53N3O/c1-4-5-6-7-8-9-10-11-12-13-14-15-16-17-18-19-22-27-24-21-26(30)28-23-20-25-29(2)3/h11-12,27H,4-10,13-25H2,1-3H3,(H,28,30)/b12-11-. The molecule has 0 bridgehead atoms. The smallest absolute Gasteiger partial charge is 0.221 e.